The molecule has 4 aromatic carbocycles. The van der Waals surface area contributed by atoms with Crippen molar-refractivity contribution in [2.45, 2.75) is 24.9 Å². The lowest BCUT2D eigenvalue weighted by Crippen LogP contribution is -2.17. The van der Waals surface area contributed by atoms with Crippen molar-refractivity contribution in [1.29, 1.82) is 0 Å². The van der Waals surface area contributed by atoms with Crippen molar-refractivity contribution in [3.8, 4) is 11.1 Å². The van der Waals surface area contributed by atoms with Gasteiger partial charge in [-0.3, -0.25) is 0 Å². The van der Waals surface area contributed by atoms with Crippen LogP contribution in [0.2, 0.25) is 0 Å². The Labute approximate surface area is 220 Å². The van der Waals surface area contributed by atoms with Crippen LogP contribution in [0.5, 0.6) is 0 Å². The van der Waals surface area contributed by atoms with Crippen molar-refractivity contribution in [3.05, 3.63) is 131 Å². The third kappa shape index (κ3) is 5.02. The van der Waals surface area contributed by atoms with E-state index in [-0.39, 0.29) is 11.9 Å². The zero-order chi connectivity index (χ0) is 25.9. The topological polar surface area (TPSA) is 77.3 Å². The van der Waals surface area contributed by atoms with Crippen molar-refractivity contribution in [3.63, 3.8) is 0 Å². The van der Waals surface area contributed by atoms with Gasteiger partial charge in [0, 0.05) is 24.0 Å². The molecule has 2 heterocycles. The Morgan fingerprint density at radius 1 is 0.474 bits per heavy atom. The van der Waals surface area contributed by atoms with Crippen LogP contribution in [-0.2, 0) is 31.9 Å². The third-order valence-electron chi connectivity index (χ3n) is 6.63. The molecule has 4 aromatic rings. The summed E-state index contributed by atoms with van der Waals surface area (Å²) in [6, 6.07) is 34.0. The van der Waals surface area contributed by atoms with Crippen molar-refractivity contribution in [2.75, 3.05) is 0 Å². The number of carbonyl (C=O) groups excluding carboxylic acids is 2. The highest BCUT2D eigenvalue weighted by atomic mass is 16.6. The minimum atomic E-state index is -0.528. The quantitative estimate of drug-likeness (QED) is 0.328. The van der Waals surface area contributed by atoms with Gasteiger partial charge in [0.1, 0.15) is 0 Å². The fraction of sp³-hybridized carbons (Fsp3) is 0.125. The van der Waals surface area contributed by atoms with Gasteiger partial charge in [0.05, 0.1) is 0 Å². The Balaban J connectivity index is 1.13. The highest BCUT2D eigenvalue weighted by Crippen LogP contribution is 2.24. The van der Waals surface area contributed by atoms with Crippen LogP contribution in [0, 0.1) is 0 Å². The average molecular weight is 501 g/mol. The molecular weight excluding hydrogens is 476 g/mol. The van der Waals surface area contributed by atoms with E-state index in [0.29, 0.717) is 24.6 Å². The first-order chi connectivity index (χ1) is 18.6. The maximum atomic E-state index is 12.3. The Morgan fingerprint density at radius 3 is 1.18 bits per heavy atom. The maximum absolute atomic E-state index is 12.3. The van der Waals surface area contributed by atoms with Gasteiger partial charge in [-0.25, -0.2) is 19.6 Å². The summed E-state index contributed by atoms with van der Waals surface area (Å²) < 4.78 is 10.9. The Kier molecular flexibility index (Phi) is 6.36. The number of rotatable bonds is 7. The first-order valence-electron chi connectivity index (χ1n) is 12.5. The van der Waals surface area contributed by atoms with E-state index in [1.165, 1.54) is 0 Å². The lowest BCUT2D eigenvalue weighted by molar-refractivity contribution is -0.135. The lowest BCUT2D eigenvalue weighted by atomic mass is 10.0. The van der Waals surface area contributed by atoms with Gasteiger partial charge in [-0.05, 0) is 46.5 Å². The molecule has 0 fully saturated rings. The standard InChI is InChI=1S/C32H24N2O4/c35-31-27(19-21-7-3-1-4-8-21)33-29(37-31)25-15-11-23(12-16-25)24-13-17-26(18-14-24)30-34-28(32(36)38-30)20-22-9-5-2-6-10-22/h1-18,27-28H,19-20H2. The molecule has 2 aliphatic heterocycles. The minimum Gasteiger partial charge on any atom is -0.406 e. The predicted molar refractivity (Wildman–Crippen MR) is 145 cm³/mol. The van der Waals surface area contributed by atoms with Crippen LogP contribution < -0.4 is 0 Å². The highest BCUT2D eigenvalue weighted by molar-refractivity contribution is 6.07. The van der Waals surface area contributed by atoms with Gasteiger partial charge in [0.15, 0.2) is 12.1 Å². The fourth-order valence-electron chi connectivity index (χ4n) is 4.58. The van der Waals surface area contributed by atoms with E-state index in [1.54, 1.807) is 0 Å². The highest BCUT2D eigenvalue weighted by Gasteiger charge is 2.31. The molecule has 0 spiro atoms. The molecule has 0 aliphatic carbocycles. The van der Waals surface area contributed by atoms with E-state index in [0.717, 1.165) is 33.4 Å². The van der Waals surface area contributed by atoms with Crippen molar-refractivity contribution in [2.24, 2.45) is 9.98 Å². The number of ether oxygens (including phenoxy) is 2. The number of cyclic esters (lactones) is 2. The smallest absolute Gasteiger partial charge is 0.338 e. The molecule has 2 aliphatic rings. The number of benzene rings is 4. The molecule has 38 heavy (non-hydrogen) atoms. The van der Waals surface area contributed by atoms with Gasteiger partial charge in [-0.2, -0.15) is 0 Å². The molecule has 6 heteroatoms. The molecule has 0 saturated carbocycles. The van der Waals surface area contributed by atoms with E-state index in [4.69, 9.17) is 9.47 Å². The van der Waals surface area contributed by atoms with Crippen LogP contribution in [0.4, 0.5) is 0 Å². The summed E-state index contributed by atoms with van der Waals surface area (Å²) in [7, 11) is 0. The minimum absolute atomic E-state index is 0.329. The van der Waals surface area contributed by atoms with Gasteiger partial charge in [0.25, 0.3) is 0 Å². The molecule has 2 unspecified atom stereocenters. The number of esters is 2. The van der Waals surface area contributed by atoms with Crippen molar-refractivity contribution >= 4 is 23.7 Å². The normalized spacial score (nSPS) is 18.5. The lowest BCUT2D eigenvalue weighted by Gasteiger charge is -2.06. The fourth-order valence-corrected chi connectivity index (χ4v) is 4.58. The summed E-state index contributed by atoms with van der Waals surface area (Å²) in [4.78, 5) is 33.7. The molecular formula is C32H24N2O4. The second kappa shape index (κ2) is 10.3. The molecule has 2 atom stereocenters. The van der Waals surface area contributed by atoms with Crippen LogP contribution in [0.15, 0.2) is 119 Å². The van der Waals surface area contributed by atoms with E-state index >= 15 is 0 Å². The Hall–Kier alpha value is -4.84. The number of carbonyl (C=O) groups is 2. The maximum Gasteiger partial charge on any atom is 0.338 e. The summed E-state index contributed by atoms with van der Waals surface area (Å²) in [5.74, 6) is 0.0444. The molecule has 6 rings (SSSR count). The van der Waals surface area contributed by atoms with Crippen LogP contribution in [0.3, 0.4) is 0 Å². The largest absolute Gasteiger partial charge is 0.406 e. The summed E-state index contributed by atoms with van der Waals surface area (Å²) in [5.41, 5.74) is 5.60. The molecule has 6 nitrogen and oxygen atoms in total. The first kappa shape index (κ1) is 23.6. The number of nitrogens with zero attached hydrogens (tertiary/aromatic N) is 2. The average Bonchev–Trinajstić information content (AvgIpc) is 3.51. The summed E-state index contributed by atoms with van der Waals surface area (Å²) in [6.07, 6.45) is 1.03. The molecule has 0 radical (unpaired) electrons. The SMILES string of the molecule is O=C1OC(c2ccc(-c3ccc(C4=NC(Cc5ccccc5)C(=O)O4)cc3)cc2)=NC1Cc1ccccc1. The van der Waals surface area contributed by atoms with Crippen LogP contribution in [0.25, 0.3) is 11.1 Å². The van der Waals surface area contributed by atoms with E-state index < -0.39 is 12.1 Å². The van der Waals surface area contributed by atoms with Gasteiger partial charge >= 0.3 is 11.9 Å². The third-order valence-corrected chi connectivity index (χ3v) is 6.63. The van der Waals surface area contributed by atoms with Crippen LogP contribution in [0.1, 0.15) is 22.3 Å². The monoisotopic (exact) mass is 500 g/mol. The number of aliphatic imine (C=N–C) groups is 2. The summed E-state index contributed by atoms with van der Waals surface area (Å²) >= 11 is 0. The number of hydrogen-bond acceptors (Lipinski definition) is 6. The second-order valence-electron chi connectivity index (χ2n) is 9.28. The van der Waals surface area contributed by atoms with Crippen molar-refractivity contribution in [1.82, 2.24) is 0 Å². The van der Waals surface area contributed by atoms with E-state index in [1.807, 2.05) is 109 Å². The Morgan fingerprint density at radius 2 is 0.816 bits per heavy atom. The van der Waals surface area contributed by atoms with Crippen LogP contribution >= 0.6 is 0 Å². The second-order valence-corrected chi connectivity index (χ2v) is 9.28. The molecule has 0 amide bonds. The predicted octanol–water partition coefficient (Wildman–Crippen LogP) is 5.18. The molecule has 0 N–H and O–H groups in total. The van der Waals surface area contributed by atoms with E-state index in [2.05, 4.69) is 9.98 Å². The molecule has 0 aromatic heterocycles. The van der Waals surface area contributed by atoms with Gasteiger partial charge in [-0.15, -0.1) is 0 Å². The zero-order valence-electron chi connectivity index (χ0n) is 20.5. The van der Waals surface area contributed by atoms with Gasteiger partial charge in [0.2, 0.25) is 11.8 Å². The summed E-state index contributed by atoms with van der Waals surface area (Å²) in [6.45, 7) is 0. The first-order valence-corrected chi connectivity index (χ1v) is 12.5. The molecule has 0 saturated heterocycles. The van der Waals surface area contributed by atoms with E-state index in [9.17, 15) is 9.59 Å². The molecule has 0 bridgehead atoms. The van der Waals surface area contributed by atoms with Crippen LogP contribution in [-0.4, -0.2) is 35.8 Å². The molecule has 186 valence electrons. The van der Waals surface area contributed by atoms with Gasteiger partial charge < -0.3 is 9.47 Å². The van der Waals surface area contributed by atoms with Crippen molar-refractivity contribution < 1.29 is 19.1 Å². The van der Waals surface area contributed by atoms with Gasteiger partial charge in [-0.1, -0.05) is 84.9 Å². The Bertz CT molecular complexity index is 1410. The summed E-state index contributed by atoms with van der Waals surface area (Å²) in [5, 5.41) is 0. The number of hydrogen-bond donors (Lipinski definition) is 0. The zero-order valence-corrected chi connectivity index (χ0v) is 20.5.